The third kappa shape index (κ3) is 0.998. The van der Waals surface area contributed by atoms with Crippen LogP contribution in [0.1, 0.15) is 0 Å². The van der Waals surface area contributed by atoms with Crippen LogP contribution in [0.3, 0.4) is 0 Å². The van der Waals surface area contributed by atoms with Crippen molar-refractivity contribution < 1.29 is 9.53 Å². The lowest BCUT2D eigenvalue weighted by Gasteiger charge is -2.42. The summed E-state index contributed by atoms with van der Waals surface area (Å²) in [7, 11) is 3.27. The molecule has 4 nitrogen and oxygen atoms in total. The van der Waals surface area contributed by atoms with E-state index in [0.717, 1.165) is 0 Å². The number of methoxy groups -OCH3 is 1. The highest BCUT2D eigenvalue weighted by molar-refractivity contribution is 5.82. The minimum absolute atomic E-state index is 0.314. The van der Waals surface area contributed by atoms with Crippen LogP contribution < -0.4 is 5.73 Å². The Bertz CT molecular complexity index is 152. The summed E-state index contributed by atoms with van der Waals surface area (Å²) in [4.78, 5) is 12.9. The molecule has 0 aromatic heterocycles. The number of likely N-dealkylation sites (N-methyl/N-ethyl adjacent to an activating group) is 1. The van der Waals surface area contributed by atoms with Gasteiger partial charge >= 0.3 is 5.97 Å². The van der Waals surface area contributed by atoms with Gasteiger partial charge < -0.3 is 15.4 Å². The van der Waals surface area contributed by atoms with Crippen molar-refractivity contribution in [3.63, 3.8) is 0 Å². The molecule has 1 saturated heterocycles. The van der Waals surface area contributed by atoms with E-state index in [1.165, 1.54) is 7.11 Å². The Labute approximate surface area is 59.9 Å². The number of carbonyl (C=O) groups is 1. The lowest BCUT2D eigenvalue weighted by molar-refractivity contribution is -0.153. The maximum Gasteiger partial charge on any atom is 0.328 e. The van der Waals surface area contributed by atoms with Crippen LogP contribution in [-0.2, 0) is 9.53 Å². The average molecular weight is 144 g/mol. The Kier molecular flexibility index (Phi) is 1.66. The van der Waals surface area contributed by atoms with Crippen LogP contribution in [0.15, 0.2) is 0 Å². The van der Waals surface area contributed by atoms with Gasteiger partial charge in [0, 0.05) is 13.1 Å². The SMILES string of the molecule is COC(=O)C1(N)CN(C)C1. The minimum atomic E-state index is -0.733. The first kappa shape index (κ1) is 7.50. The molecule has 2 N–H and O–H groups in total. The minimum Gasteiger partial charge on any atom is -0.468 e. The molecule has 4 heteroatoms. The molecule has 10 heavy (non-hydrogen) atoms. The molecular formula is C6H12N2O2. The fourth-order valence-corrected chi connectivity index (χ4v) is 1.25. The summed E-state index contributed by atoms with van der Waals surface area (Å²) < 4.78 is 4.51. The Morgan fingerprint density at radius 1 is 1.70 bits per heavy atom. The number of nitrogens with two attached hydrogens (primary N) is 1. The highest BCUT2D eigenvalue weighted by Gasteiger charge is 2.45. The number of nitrogens with zero attached hydrogens (tertiary/aromatic N) is 1. The molecule has 0 aromatic carbocycles. The molecule has 0 unspecified atom stereocenters. The van der Waals surface area contributed by atoms with E-state index in [1.54, 1.807) is 0 Å². The van der Waals surface area contributed by atoms with Crippen LogP contribution in [0.5, 0.6) is 0 Å². The summed E-state index contributed by atoms with van der Waals surface area (Å²) in [6, 6.07) is 0. The van der Waals surface area contributed by atoms with Crippen LogP contribution in [-0.4, -0.2) is 43.7 Å². The van der Waals surface area contributed by atoms with Crippen molar-refractivity contribution in [2.24, 2.45) is 5.73 Å². The molecule has 0 saturated carbocycles. The van der Waals surface area contributed by atoms with E-state index < -0.39 is 5.54 Å². The average Bonchev–Trinajstić information content (AvgIpc) is 1.83. The predicted octanol–water partition coefficient (Wildman–Crippen LogP) is -1.20. The Balaban J connectivity index is 2.48. The smallest absolute Gasteiger partial charge is 0.328 e. The Morgan fingerprint density at radius 2 is 2.20 bits per heavy atom. The predicted molar refractivity (Wildman–Crippen MR) is 36.4 cm³/mol. The zero-order chi connectivity index (χ0) is 7.78. The fraction of sp³-hybridized carbons (Fsp3) is 0.833. The number of esters is 1. The third-order valence-electron chi connectivity index (χ3n) is 1.70. The molecule has 58 valence electrons. The van der Waals surface area contributed by atoms with Crippen molar-refractivity contribution in [3.8, 4) is 0 Å². The van der Waals surface area contributed by atoms with Gasteiger partial charge in [0.25, 0.3) is 0 Å². The standard InChI is InChI=1S/C6H12N2O2/c1-8-3-6(7,4-8)5(9)10-2/h3-4,7H2,1-2H3. The number of likely N-dealkylation sites (tertiary alicyclic amines) is 1. The van der Waals surface area contributed by atoms with Gasteiger partial charge in [0.05, 0.1) is 7.11 Å². The molecule has 0 spiro atoms. The number of ether oxygens (including phenoxy) is 1. The van der Waals surface area contributed by atoms with Crippen molar-refractivity contribution in [3.05, 3.63) is 0 Å². The molecule has 0 amide bonds. The third-order valence-corrected chi connectivity index (χ3v) is 1.70. The lowest BCUT2D eigenvalue weighted by Crippen LogP contribution is -2.70. The molecule has 1 aliphatic heterocycles. The van der Waals surface area contributed by atoms with E-state index in [-0.39, 0.29) is 5.97 Å². The molecule has 1 heterocycles. The van der Waals surface area contributed by atoms with E-state index in [9.17, 15) is 4.79 Å². The van der Waals surface area contributed by atoms with E-state index in [4.69, 9.17) is 5.73 Å². The number of hydrogen-bond donors (Lipinski definition) is 1. The van der Waals surface area contributed by atoms with Gasteiger partial charge in [0.15, 0.2) is 0 Å². The van der Waals surface area contributed by atoms with Gasteiger partial charge in [-0.1, -0.05) is 0 Å². The molecule has 0 aliphatic carbocycles. The van der Waals surface area contributed by atoms with Crippen molar-refractivity contribution in [1.29, 1.82) is 0 Å². The summed E-state index contributed by atoms with van der Waals surface area (Å²) in [5.41, 5.74) is 4.90. The van der Waals surface area contributed by atoms with E-state index in [1.807, 2.05) is 11.9 Å². The zero-order valence-corrected chi connectivity index (χ0v) is 6.26. The largest absolute Gasteiger partial charge is 0.468 e. The van der Waals surface area contributed by atoms with Crippen molar-refractivity contribution in [2.75, 3.05) is 27.2 Å². The molecule has 0 radical (unpaired) electrons. The van der Waals surface area contributed by atoms with E-state index in [2.05, 4.69) is 4.74 Å². The highest BCUT2D eigenvalue weighted by atomic mass is 16.5. The maximum atomic E-state index is 10.9. The van der Waals surface area contributed by atoms with E-state index >= 15 is 0 Å². The van der Waals surface area contributed by atoms with Gasteiger partial charge in [0.1, 0.15) is 5.54 Å². The fourth-order valence-electron chi connectivity index (χ4n) is 1.25. The molecule has 0 aromatic rings. The van der Waals surface area contributed by atoms with Gasteiger partial charge in [-0.2, -0.15) is 0 Å². The molecular weight excluding hydrogens is 132 g/mol. The van der Waals surface area contributed by atoms with Crippen LogP contribution in [0.2, 0.25) is 0 Å². The monoisotopic (exact) mass is 144 g/mol. The van der Waals surface area contributed by atoms with Gasteiger partial charge in [-0.25, -0.2) is 4.79 Å². The Morgan fingerprint density at radius 3 is 2.50 bits per heavy atom. The van der Waals surface area contributed by atoms with Gasteiger partial charge in [-0.15, -0.1) is 0 Å². The second kappa shape index (κ2) is 2.21. The molecule has 1 rings (SSSR count). The quantitative estimate of drug-likeness (QED) is 0.470. The van der Waals surface area contributed by atoms with Crippen LogP contribution in [0.25, 0.3) is 0 Å². The summed E-state index contributed by atoms with van der Waals surface area (Å²) in [6.45, 7) is 1.19. The Hall–Kier alpha value is -0.610. The normalized spacial score (nSPS) is 23.5. The molecule has 0 bridgehead atoms. The van der Waals surface area contributed by atoms with Crippen LogP contribution in [0, 0.1) is 0 Å². The van der Waals surface area contributed by atoms with Gasteiger partial charge in [0.2, 0.25) is 0 Å². The lowest BCUT2D eigenvalue weighted by atomic mass is 9.92. The zero-order valence-electron chi connectivity index (χ0n) is 6.26. The molecule has 1 fully saturated rings. The number of hydrogen-bond acceptors (Lipinski definition) is 4. The topological polar surface area (TPSA) is 55.6 Å². The molecule has 1 aliphatic rings. The summed E-state index contributed by atoms with van der Waals surface area (Å²) in [5, 5.41) is 0. The first-order valence-corrected chi connectivity index (χ1v) is 3.14. The van der Waals surface area contributed by atoms with Crippen molar-refractivity contribution in [2.45, 2.75) is 5.54 Å². The first-order valence-electron chi connectivity index (χ1n) is 3.14. The number of rotatable bonds is 1. The first-order chi connectivity index (χ1) is 4.58. The van der Waals surface area contributed by atoms with Crippen LogP contribution >= 0.6 is 0 Å². The van der Waals surface area contributed by atoms with E-state index in [0.29, 0.717) is 13.1 Å². The summed E-state index contributed by atoms with van der Waals surface area (Å²) >= 11 is 0. The van der Waals surface area contributed by atoms with Gasteiger partial charge in [-0.05, 0) is 7.05 Å². The summed E-state index contributed by atoms with van der Waals surface area (Å²) in [5.74, 6) is -0.314. The van der Waals surface area contributed by atoms with Crippen LogP contribution in [0.4, 0.5) is 0 Å². The molecule has 0 atom stereocenters. The number of carbonyl (C=O) groups excluding carboxylic acids is 1. The second-order valence-corrected chi connectivity index (χ2v) is 2.82. The maximum absolute atomic E-state index is 10.9. The summed E-state index contributed by atoms with van der Waals surface area (Å²) in [6.07, 6.45) is 0. The highest BCUT2D eigenvalue weighted by Crippen LogP contribution is 2.16. The second-order valence-electron chi connectivity index (χ2n) is 2.82. The van der Waals surface area contributed by atoms with Crippen molar-refractivity contribution >= 4 is 5.97 Å². The van der Waals surface area contributed by atoms with Crippen molar-refractivity contribution in [1.82, 2.24) is 4.90 Å². The van der Waals surface area contributed by atoms with Gasteiger partial charge in [-0.3, -0.25) is 0 Å².